The maximum atomic E-state index is 11.5. The lowest BCUT2D eigenvalue weighted by Gasteiger charge is -2.35. The van der Waals surface area contributed by atoms with Gasteiger partial charge >= 0.3 is 0 Å². The zero-order valence-electron chi connectivity index (χ0n) is 27.3. The number of benzene rings is 2. The number of carbonyl (C=O) groups is 1. The highest BCUT2D eigenvalue weighted by Gasteiger charge is 2.44. The number of carboxylic acid groups (broad SMARTS) is 1. The average Bonchev–Trinajstić information content (AvgIpc) is 3.29. The molecule has 0 saturated carbocycles. The first kappa shape index (κ1) is 34.4. The van der Waals surface area contributed by atoms with Crippen LogP contribution in [0.3, 0.4) is 0 Å². The van der Waals surface area contributed by atoms with Crippen LogP contribution < -0.4 is 10.0 Å². The fourth-order valence-corrected chi connectivity index (χ4v) is 8.37. The molecular formula is C37H43ClI2N3O2+. The zero-order valence-corrected chi connectivity index (χ0v) is 32.4. The molecule has 0 aromatic heterocycles. The average molecular weight is 851 g/mol. The molecule has 0 unspecified atom stereocenters. The minimum atomic E-state index is -1.04. The summed E-state index contributed by atoms with van der Waals surface area (Å²) in [7, 11) is 4.49. The fourth-order valence-electron chi connectivity index (χ4n) is 7.14. The number of carbonyl (C=O) groups excluding carboxylic acids is 1. The van der Waals surface area contributed by atoms with Crippen LogP contribution in [0.1, 0.15) is 58.6 Å². The first-order valence-corrected chi connectivity index (χ1v) is 18.1. The molecule has 0 radical (unpaired) electrons. The Morgan fingerprint density at radius 1 is 1.00 bits per heavy atom. The normalized spacial score (nSPS) is 21.8. The van der Waals surface area contributed by atoms with Gasteiger partial charge < -0.3 is 19.3 Å². The summed E-state index contributed by atoms with van der Waals surface area (Å²) in [5.41, 5.74) is 9.08. The van der Waals surface area contributed by atoms with E-state index in [1.54, 1.807) is 0 Å². The zero-order chi connectivity index (χ0) is 32.9. The highest BCUT2D eigenvalue weighted by Crippen LogP contribution is 2.48. The fraction of sp³-hybridized carbons (Fsp3) is 0.405. The van der Waals surface area contributed by atoms with Gasteiger partial charge in [-0.25, -0.2) is 0 Å². The SMILES string of the molecule is CCC[N+]1=C(/C=C/C2=C(Cl)C(=C/C=C3/N(CCC(=O)[O-])c4ccc(I)cc4C3(C)C)/C[N+](C)(C)C2)C(C)(C)c2cc(I)ccc21. The Kier molecular flexibility index (Phi) is 9.87. The summed E-state index contributed by atoms with van der Waals surface area (Å²) in [6.45, 7) is 14.3. The van der Waals surface area contributed by atoms with Crippen LogP contribution >= 0.6 is 56.8 Å². The van der Waals surface area contributed by atoms with Crippen molar-refractivity contribution in [2.45, 2.75) is 58.3 Å². The summed E-state index contributed by atoms with van der Waals surface area (Å²) < 4.78 is 5.68. The second-order valence-corrected chi connectivity index (χ2v) is 16.9. The number of halogens is 3. The maximum Gasteiger partial charge on any atom is 0.209 e. The second kappa shape index (κ2) is 12.9. The van der Waals surface area contributed by atoms with Gasteiger partial charge in [0.25, 0.3) is 0 Å². The van der Waals surface area contributed by atoms with Gasteiger partial charge in [-0.1, -0.05) is 38.4 Å². The summed E-state index contributed by atoms with van der Waals surface area (Å²) >= 11 is 12.0. The number of rotatable bonds is 8. The minimum absolute atomic E-state index is 0.0395. The first-order chi connectivity index (χ1) is 21.1. The van der Waals surface area contributed by atoms with E-state index < -0.39 is 5.97 Å². The molecule has 5 rings (SSSR count). The topological polar surface area (TPSA) is 46.4 Å². The van der Waals surface area contributed by atoms with E-state index >= 15 is 0 Å². The second-order valence-electron chi connectivity index (χ2n) is 14.1. The Balaban J connectivity index is 1.56. The van der Waals surface area contributed by atoms with Crippen LogP contribution in [0.4, 0.5) is 11.4 Å². The van der Waals surface area contributed by atoms with Crippen molar-refractivity contribution < 1.29 is 19.0 Å². The smallest absolute Gasteiger partial charge is 0.209 e. The van der Waals surface area contributed by atoms with E-state index in [2.05, 4.69) is 164 Å². The molecule has 0 spiro atoms. The van der Waals surface area contributed by atoms with Crippen LogP contribution in [0.25, 0.3) is 0 Å². The number of anilines is 1. The van der Waals surface area contributed by atoms with Gasteiger partial charge in [-0.3, -0.25) is 0 Å². The van der Waals surface area contributed by atoms with Crippen molar-refractivity contribution in [2.75, 3.05) is 45.2 Å². The molecule has 0 bridgehead atoms. The van der Waals surface area contributed by atoms with E-state index in [9.17, 15) is 9.90 Å². The van der Waals surface area contributed by atoms with Gasteiger partial charge in [0.2, 0.25) is 5.69 Å². The van der Waals surface area contributed by atoms with Crippen LogP contribution in [0, 0.1) is 7.14 Å². The lowest BCUT2D eigenvalue weighted by molar-refractivity contribution is -0.881. The van der Waals surface area contributed by atoms with Crippen molar-refractivity contribution in [3.63, 3.8) is 0 Å². The molecule has 45 heavy (non-hydrogen) atoms. The summed E-state index contributed by atoms with van der Waals surface area (Å²) in [6, 6.07) is 13.2. The van der Waals surface area contributed by atoms with E-state index in [4.69, 9.17) is 11.6 Å². The van der Waals surface area contributed by atoms with Crippen molar-refractivity contribution in [1.29, 1.82) is 0 Å². The predicted molar refractivity (Wildman–Crippen MR) is 201 cm³/mol. The van der Waals surface area contributed by atoms with Crippen LogP contribution in [0.15, 0.2) is 82.6 Å². The molecule has 8 heteroatoms. The number of nitrogens with zero attached hydrogens (tertiary/aromatic N) is 3. The van der Waals surface area contributed by atoms with Gasteiger partial charge in [0.05, 0.1) is 24.5 Å². The van der Waals surface area contributed by atoms with E-state index in [1.165, 1.54) is 26.1 Å². The number of fused-ring (bicyclic) bond motifs is 2. The Morgan fingerprint density at radius 3 is 2.33 bits per heavy atom. The third-order valence-electron chi connectivity index (χ3n) is 9.34. The first-order valence-electron chi connectivity index (χ1n) is 15.6. The molecule has 0 aliphatic carbocycles. The Labute approximate surface area is 300 Å². The molecule has 3 aliphatic rings. The highest BCUT2D eigenvalue weighted by molar-refractivity contribution is 14.1. The number of hydrogen-bond donors (Lipinski definition) is 0. The van der Waals surface area contributed by atoms with Crippen LogP contribution in [-0.2, 0) is 15.6 Å². The number of quaternary nitrogens is 1. The van der Waals surface area contributed by atoms with E-state index in [1.807, 2.05) is 0 Å². The quantitative estimate of drug-likeness (QED) is 0.157. The molecule has 0 atom stereocenters. The molecule has 2 aromatic carbocycles. The minimum Gasteiger partial charge on any atom is -0.550 e. The maximum absolute atomic E-state index is 11.5. The summed E-state index contributed by atoms with van der Waals surface area (Å²) in [5.74, 6) is -1.04. The third-order valence-corrected chi connectivity index (χ3v) is 11.2. The van der Waals surface area contributed by atoms with Crippen molar-refractivity contribution in [3.05, 3.63) is 101 Å². The molecule has 0 N–H and O–H groups in total. The van der Waals surface area contributed by atoms with Crippen molar-refractivity contribution >= 4 is 79.8 Å². The van der Waals surface area contributed by atoms with Gasteiger partial charge in [-0.15, -0.1) is 0 Å². The van der Waals surface area contributed by atoms with Gasteiger partial charge in [-0.05, 0) is 107 Å². The molecule has 238 valence electrons. The number of aliphatic carboxylic acids is 1. The van der Waals surface area contributed by atoms with Gasteiger partial charge in [0.15, 0.2) is 5.71 Å². The standard InChI is InChI=1S/C37H43ClI2N3O2/c1-8-18-41-30-13-11-26(39)20-28(30)36(2,3)32(41)15-9-24-22-43(6,7)23-25(35(24)38)10-16-33-37(4,5)29-21-27(40)12-14-31(29)42(33)19-17-34(44)45/h9-16,20-21H,8,17-19,22-23H2,1-7H3/q+1. The van der Waals surface area contributed by atoms with E-state index in [0.717, 1.165) is 61.7 Å². The summed E-state index contributed by atoms with van der Waals surface area (Å²) in [5, 5.41) is 12.3. The molecule has 3 heterocycles. The highest BCUT2D eigenvalue weighted by atomic mass is 127. The summed E-state index contributed by atoms with van der Waals surface area (Å²) in [6.07, 6.45) is 9.87. The molecule has 0 amide bonds. The Morgan fingerprint density at radius 2 is 1.67 bits per heavy atom. The molecular weight excluding hydrogens is 808 g/mol. The summed E-state index contributed by atoms with van der Waals surface area (Å²) in [4.78, 5) is 13.6. The third kappa shape index (κ3) is 6.74. The molecule has 5 nitrogen and oxygen atoms in total. The molecule has 2 aromatic rings. The largest absolute Gasteiger partial charge is 0.550 e. The molecule has 3 aliphatic heterocycles. The lowest BCUT2D eigenvalue weighted by Crippen LogP contribution is -2.45. The number of carboxylic acids is 1. The van der Waals surface area contributed by atoms with Crippen LogP contribution in [-0.4, -0.2) is 61.0 Å². The van der Waals surface area contributed by atoms with E-state index in [0.29, 0.717) is 6.54 Å². The van der Waals surface area contributed by atoms with Crippen molar-refractivity contribution in [1.82, 2.24) is 0 Å². The van der Waals surface area contributed by atoms with Crippen molar-refractivity contribution in [2.24, 2.45) is 0 Å². The molecule has 0 fully saturated rings. The van der Waals surface area contributed by atoms with Crippen molar-refractivity contribution in [3.8, 4) is 0 Å². The predicted octanol–water partition coefficient (Wildman–Crippen LogP) is 7.57. The number of likely N-dealkylation sites (N-methyl/N-ethyl adjacent to an activating group) is 1. The Bertz CT molecular complexity index is 1710. The monoisotopic (exact) mass is 850 g/mol. The van der Waals surface area contributed by atoms with Crippen LogP contribution in [0.5, 0.6) is 0 Å². The lowest BCUT2D eigenvalue weighted by atomic mass is 9.81. The van der Waals surface area contributed by atoms with Crippen LogP contribution in [0.2, 0.25) is 0 Å². The van der Waals surface area contributed by atoms with E-state index in [-0.39, 0.29) is 17.3 Å². The molecule has 0 saturated heterocycles. The van der Waals surface area contributed by atoms with Gasteiger partial charge in [0.1, 0.15) is 19.6 Å². The Hall–Kier alpha value is -1.95. The van der Waals surface area contributed by atoms with Gasteiger partial charge in [-0.2, -0.15) is 4.58 Å². The number of hydrogen-bond acceptors (Lipinski definition) is 3. The number of allylic oxidation sites excluding steroid dienone is 4. The van der Waals surface area contributed by atoms with Gasteiger partial charge in [0, 0.05) is 78.1 Å².